The molecule has 148 valence electrons. The molecule has 2 aliphatic heterocycles. The van der Waals surface area contributed by atoms with Crippen molar-refractivity contribution < 1.29 is 36.9 Å². The summed E-state index contributed by atoms with van der Waals surface area (Å²) in [5.41, 5.74) is -2.33. The van der Waals surface area contributed by atoms with Gasteiger partial charge in [0.2, 0.25) is 0 Å². The Kier molecular flexibility index (Phi) is 4.97. The third-order valence-electron chi connectivity index (χ3n) is 4.36. The molecule has 1 saturated heterocycles. The van der Waals surface area contributed by atoms with Gasteiger partial charge < -0.3 is 18.9 Å². The van der Waals surface area contributed by atoms with Gasteiger partial charge in [0.15, 0.2) is 5.60 Å². The number of halogens is 3. The van der Waals surface area contributed by atoms with Crippen LogP contribution in [0.4, 0.5) is 13.2 Å². The Bertz CT molecular complexity index is 772. The van der Waals surface area contributed by atoms with Gasteiger partial charge in [-0.15, -0.1) is 0 Å². The molecule has 11 heteroatoms. The van der Waals surface area contributed by atoms with Gasteiger partial charge in [0.1, 0.15) is 5.69 Å². The van der Waals surface area contributed by atoms with Gasteiger partial charge in [0.25, 0.3) is 5.79 Å². The maximum absolute atomic E-state index is 13.1. The maximum Gasteiger partial charge on any atom is 0.433 e. The van der Waals surface area contributed by atoms with Gasteiger partial charge in [-0.25, -0.2) is 9.99 Å². The Hall–Kier alpha value is -2.08. The molecular weight excluding hydrogens is 371 g/mol. The molecule has 0 bridgehead atoms. The van der Waals surface area contributed by atoms with E-state index in [9.17, 15) is 18.0 Å². The molecule has 0 saturated carbocycles. The number of carbonyl (C=O) groups excluding carboxylic acids is 1. The molecule has 0 spiro atoms. The zero-order chi connectivity index (χ0) is 19.9. The second-order valence-corrected chi connectivity index (χ2v) is 5.97. The Morgan fingerprint density at radius 1 is 1.26 bits per heavy atom. The number of fused-ring (bicyclic) bond motifs is 1. The number of hydrogen-bond donors (Lipinski definition) is 0. The zero-order valence-electron chi connectivity index (χ0n) is 14.9. The first-order valence-corrected chi connectivity index (χ1v) is 7.95. The molecule has 2 atom stereocenters. The lowest BCUT2D eigenvalue weighted by Crippen LogP contribution is -2.46. The van der Waals surface area contributed by atoms with Crippen LogP contribution in [0.1, 0.15) is 17.0 Å². The van der Waals surface area contributed by atoms with Crippen molar-refractivity contribution in [1.29, 1.82) is 0 Å². The standard InChI is InChI=1S/C16H18F3N3O5/c1-22-13(23)15(25-3)14(27-15,9-20-22)10-4-5-12(16(17,18)19)21-11(10)8-26-7-6-24-2/h4-5,9H,6-8H2,1-3H3. The zero-order valence-corrected chi connectivity index (χ0v) is 14.9. The number of methoxy groups -OCH3 is 2. The van der Waals surface area contributed by atoms with Crippen molar-refractivity contribution in [1.82, 2.24) is 9.99 Å². The average Bonchev–Trinajstić information content (AvgIpc) is 3.33. The van der Waals surface area contributed by atoms with Crippen LogP contribution in [0.2, 0.25) is 0 Å². The normalized spacial score (nSPS) is 27.0. The van der Waals surface area contributed by atoms with Gasteiger partial charge in [-0.2, -0.15) is 18.3 Å². The number of likely N-dealkylation sites (N-methyl/N-ethyl adjacent to an activating group) is 1. The minimum absolute atomic E-state index is 0.0244. The fourth-order valence-corrected chi connectivity index (χ4v) is 2.95. The van der Waals surface area contributed by atoms with Gasteiger partial charge in [-0.1, -0.05) is 6.07 Å². The predicted octanol–water partition coefficient (Wildman–Crippen LogP) is 1.29. The lowest BCUT2D eigenvalue weighted by molar-refractivity contribution is -0.153. The Balaban J connectivity index is 2.02. The summed E-state index contributed by atoms with van der Waals surface area (Å²) in [6, 6.07) is 2.03. The number of rotatable bonds is 7. The summed E-state index contributed by atoms with van der Waals surface area (Å²) in [7, 11) is 4.17. The molecule has 1 aromatic heterocycles. The monoisotopic (exact) mass is 389 g/mol. The molecule has 27 heavy (non-hydrogen) atoms. The van der Waals surface area contributed by atoms with Crippen LogP contribution in [0.5, 0.6) is 0 Å². The van der Waals surface area contributed by atoms with Gasteiger partial charge >= 0.3 is 12.1 Å². The van der Waals surface area contributed by atoms with Gasteiger partial charge in [-0.05, 0) is 6.07 Å². The van der Waals surface area contributed by atoms with Crippen LogP contribution >= 0.6 is 0 Å². The summed E-state index contributed by atoms with van der Waals surface area (Å²) in [5.74, 6) is -2.26. The summed E-state index contributed by atoms with van der Waals surface area (Å²) >= 11 is 0. The summed E-state index contributed by atoms with van der Waals surface area (Å²) in [5, 5.41) is 4.98. The predicted molar refractivity (Wildman–Crippen MR) is 84.5 cm³/mol. The third-order valence-corrected chi connectivity index (χ3v) is 4.36. The second-order valence-electron chi connectivity index (χ2n) is 5.97. The fourth-order valence-electron chi connectivity index (χ4n) is 2.95. The average molecular weight is 389 g/mol. The van der Waals surface area contributed by atoms with Crippen LogP contribution < -0.4 is 0 Å². The van der Waals surface area contributed by atoms with Gasteiger partial charge in [0, 0.05) is 26.8 Å². The minimum Gasteiger partial charge on any atom is -0.382 e. The van der Waals surface area contributed by atoms with E-state index in [0.29, 0.717) is 0 Å². The number of nitrogens with zero attached hydrogens (tertiary/aromatic N) is 3. The van der Waals surface area contributed by atoms with Gasteiger partial charge in [-0.3, -0.25) is 4.79 Å². The van der Waals surface area contributed by atoms with E-state index < -0.39 is 29.2 Å². The van der Waals surface area contributed by atoms with Gasteiger partial charge in [0.05, 0.1) is 31.7 Å². The van der Waals surface area contributed by atoms with Crippen LogP contribution in [0, 0.1) is 0 Å². The Labute approximate surface area is 152 Å². The van der Waals surface area contributed by atoms with E-state index in [1.807, 2.05) is 0 Å². The largest absolute Gasteiger partial charge is 0.433 e. The molecule has 1 fully saturated rings. The molecule has 0 aromatic carbocycles. The number of aromatic nitrogens is 1. The van der Waals surface area contributed by atoms with Crippen molar-refractivity contribution in [2.24, 2.45) is 5.10 Å². The second kappa shape index (κ2) is 6.82. The maximum atomic E-state index is 13.1. The van der Waals surface area contributed by atoms with Crippen LogP contribution in [-0.2, 0) is 42.1 Å². The van der Waals surface area contributed by atoms with E-state index in [2.05, 4.69) is 10.1 Å². The highest BCUT2D eigenvalue weighted by atomic mass is 19.4. The van der Waals surface area contributed by atoms with E-state index >= 15 is 0 Å². The number of ether oxygens (including phenoxy) is 4. The molecule has 0 radical (unpaired) electrons. The van der Waals surface area contributed by atoms with E-state index in [1.54, 1.807) is 0 Å². The number of alkyl halides is 3. The molecule has 1 amide bonds. The first-order chi connectivity index (χ1) is 12.7. The van der Waals surface area contributed by atoms with Crippen LogP contribution in [0.3, 0.4) is 0 Å². The lowest BCUT2D eigenvalue weighted by Gasteiger charge is -2.24. The molecule has 0 N–H and O–H groups in total. The smallest absolute Gasteiger partial charge is 0.382 e. The summed E-state index contributed by atoms with van der Waals surface area (Å²) in [4.78, 5) is 16.1. The number of pyridine rings is 1. The lowest BCUT2D eigenvalue weighted by atomic mass is 9.91. The first-order valence-electron chi connectivity index (χ1n) is 7.95. The third kappa shape index (κ3) is 3.10. The number of epoxide rings is 1. The molecule has 1 aromatic rings. The first kappa shape index (κ1) is 19.7. The quantitative estimate of drug-likeness (QED) is 0.516. The SMILES string of the molecule is COCCOCc1nc(C(F)(F)F)ccc1C12C=NN(C)C(=O)C1(OC)O2. The van der Waals surface area contributed by atoms with Crippen LogP contribution in [0.15, 0.2) is 17.2 Å². The topological polar surface area (TPSA) is 85.8 Å². The molecule has 3 heterocycles. The molecular formula is C16H18F3N3O5. The summed E-state index contributed by atoms with van der Waals surface area (Å²) < 4.78 is 60.3. The van der Waals surface area contributed by atoms with Crippen molar-refractivity contribution in [2.45, 2.75) is 24.2 Å². The van der Waals surface area contributed by atoms with Crippen molar-refractivity contribution >= 4 is 12.1 Å². The fraction of sp³-hybridized carbons (Fsp3) is 0.562. The summed E-state index contributed by atoms with van der Waals surface area (Å²) in [6.45, 7) is 0.195. The van der Waals surface area contributed by atoms with E-state index in [4.69, 9.17) is 18.9 Å². The molecule has 8 nitrogen and oxygen atoms in total. The highest BCUT2D eigenvalue weighted by Gasteiger charge is 2.80. The van der Waals surface area contributed by atoms with Crippen LogP contribution in [-0.4, -0.2) is 62.4 Å². The molecule has 2 aliphatic rings. The number of hydrogen-bond acceptors (Lipinski definition) is 7. The van der Waals surface area contributed by atoms with Crippen molar-refractivity contribution in [3.05, 3.63) is 29.1 Å². The van der Waals surface area contributed by atoms with E-state index in [-0.39, 0.29) is 31.1 Å². The Morgan fingerprint density at radius 2 is 2.00 bits per heavy atom. The molecule has 2 unspecified atom stereocenters. The van der Waals surface area contributed by atoms with Crippen molar-refractivity contribution in [3.8, 4) is 0 Å². The Morgan fingerprint density at radius 3 is 2.63 bits per heavy atom. The highest BCUT2D eigenvalue weighted by Crippen LogP contribution is 2.58. The minimum atomic E-state index is -4.63. The van der Waals surface area contributed by atoms with E-state index in [1.165, 1.54) is 33.5 Å². The molecule has 0 aliphatic carbocycles. The highest BCUT2D eigenvalue weighted by molar-refractivity contribution is 5.99. The summed E-state index contributed by atoms with van der Waals surface area (Å²) in [6.07, 6.45) is -3.31. The van der Waals surface area contributed by atoms with Crippen molar-refractivity contribution in [2.75, 3.05) is 34.5 Å². The number of carbonyl (C=O) groups is 1. The number of amides is 1. The van der Waals surface area contributed by atoms with Crippen molar-refractivity contribution in [3.63, 3.8) is 0 Å². The molecule has 3 rings (SSSR count). The van der Waals surface area contributed by atoms with E-state index in [0.717, 1.165) is 11.1 Å². The van der Waals surface area contributed by atoms with Crippen LogP contribution in [0.25, 0.3) is 0 Å². The number of hydrazone groups is 1.